The lowest BCUT2D eigenvalue weighted by Crippen LogP contribution is -2.44. The van der Waals surface area contributed by atoms with Crippen LogP contribution in [-0.4, -0.2) is 8.56 Å². The molecule has 0 spiro atoms. The molecular weight excluding hydrogens is 384 g/mol. The minimum Gasteiger partial charge on any atom is -0.512 e. The highest BCUT2D eigenvalue weighted by atomic mass is 28.4. The van der Waals surface area contributed by atoms with E-state index in [4.69, 9.17) is 8.85 Å². The minimum atomic E-state index is -2.48. The quantitative estimate of drug-likeness (QED) is 0.406. The standard InChI is InChI=1S/C27H40O2Si/c1-16-13-22(26(5,6)7)24-20(18(16)3)15-21-19(4)17(2)14-23(27(8,9)10)25(21)29-30(11,12)28-24/h13-14H,15H2,1-12H3. The summed E-state index contributed by atoms with van der Waals surface area (Å²) >= 11 is 0. The lowest BCUT2D eigenvalue weighted by molar-refractivity contribution is 0.373. The van der Waals surface area contributed by atoms with Gasteiger partial charge in [0.25, 0.3) is 0 Å². The number of rotatable bonds is 0. The largest absolute Gasteiger partial charge is 0.512 e. The van der Waals surface area contributed by atoms with Crippen molar-refractivity contribution in [3.63, 3.8) is 0 Å². The van der Waals surface area contributed by atoms with Crippen LogP contribution in [0.3, 0.4) is 0 Å². The molecule has 164 valence electrons. The molecule has 0 N–H and O–H groups in total. The summed E-state index contributed by atoms with van der Waals surface area (Å²) in [4.78, 5) is 0. The van der Waals surface area contributed by atoms with Gasteiger partial charge >= 0.3 is 8.56 Å². The molecule has 2 aromatic carbocycles. The molecular formula is C27H40O2Si. The molecule has 3 rings (SSSR count). The summed E-state index contributed by atoms with van der Waals surface area (Å²) in [5.41, 5.74) is 10.6. The Morgan fingerprint density at radius 2 is 1.00 bits per heavy atom. The first-order chi connectivity index (χ1) is 13.5. The van der Waals surface area contributed by atoms with Crippen molar-refractivity contribution in [3.05, 3.63) is 56.6 Å². The third kappa shape index (κ3) is 4.06. The Kier molecular flexibility index (Phi) is 5.47. The summed E-state index contributed by atoms with van der Waals surface area (Å²) < 4.78 is 13.7. The molecule has 2 nitrogen and oxygen atoms in total. The molecule has 0 fully saturated rings. The zero-order valence-corrected chi connectivity index (χ0v) is 22.2. The molecule has 0 atom stereocenters. The molecule has 2 aromatic rings. The van der Waals surface area contributed by atoms with Crippen LogP contribution in [0.1, 0.15) is 86.1 Å². The van der Waals surface area contributed by atoms with Crippen molar-refractivity contribution in [2.45, 2.75) is 99.6 Å². The van der Waals surface area contributed by atoms with Gasteiger partial charge in [-0.25, -0.2) is 0 Å². The summed E-state index contributed by atoms with van der Waals surface area (Å²) in [5.74, 6) is 2.12. The van der Waals surface area contributed by atoms with E-state index in [-0.39, 0.29) is 10.8 Å². The van der Waals surface area contributed by atoms with Crippen LogP contribution in [0.4, 0.5) is 0 Å². The minimum absolute atomic E-state index is 0.00721. The van der Waals surface area contributed by atoms with Gasteiger partial charge in [-0.1, -0.05) is 53.7 Å². The second-order valence-corrected chi connectivity index (χ2v) is 14.8. The summed E-state index contributed by atoms with van der Waals surface area (Å²) in [5, 5.41) is 0. The van der Waals surface area contributed by atoms with E-state index in [9.17, 15) is 0 Å². The highest BCUT2D eigenvalue weighted by molar-refractivity contribution is 6.66. The van der Waals surface area contributed by atoms with Gasteiger partial charge in [0.1, 0.15) is 11.5 Å². The monoisotopic (exact) mass is 424 g/mol. The molecule has 0 unspecified atom stereocenters. The lowest BCUT2D eigenvalue weighted by Gasteiger charge is -2.37. The van der Waals surface area contributed by atoms with Gasteiger partial charge in [-0.3, -0.25) is 0 Å². The smallest absolute Gasteiger partial charge is 0.454 e. The molecule has 0 bridgehead atoms. The third-order valence-corrected chi connectivity index (χ3v) is 7.90. The second kappa shape index (κ2) is 7.15. The highest BCUT2D eigenvalue weighted by Gasteiger charge is 2.38. The highest BCUT2D eigenvalue weighted by Crippen LogP contribution is 2.46. The van der Waals surface area contributed by atoms with Crippen molar-refractivity contribution in [2.75, 3.05) is 0 Å². The Hall–Kier alpha value is -1.74. The molecule has 1 aliphatic rings. The van der Waals surface area contributed by atoms with Crippen LogP contribution >= 0.6 is 0 Å². The SMILES string of the molecule is Cc1cc(C(C)(C)C)c2c(c1C)Cc1c(C)c(C)cc(C(C)(C)C)c1O[Si](C)(C)O2. The third-order valence-electron chi connectivity index (χ3n) is 6.51. The average molecular weight is 425 g/mol. The van der Waals surface area contributed by atoms with Gasteiger partial charge in [0.2, 0.25) is 0 Å². The van der Waals surface area contributed by atoms with Gasteiger partial charge in [-0.15, -0.1) is 0 Å². The van der Waals surface area contributed by atoms with E-state index in [1.54, 1.807) is 0 Å². The first-order valence-electron chi connectivity index (χ1n) is 11.2. The van der Waals surface area contributed by atoms with Crippen LogP contribution in [0.2, 0.25) is 13.1 Å². The number of hydrogen-bond donors (Lipinski definition) is 0. The van der Waals surface area contributed by atoms with Gasteiger partial charge in [0.05, 0.1) is 0 Å². The van der Waals surface area contributed by atoms with Crippen molar-refractivity contribution in [2.24, 2.45) is 0 Å². The second-order valence-electron chi connectivity index (χ2n) is 11.6. The van der Waals surface area contributed by atoms with E-state index in [0.29, 0.717) is 0 Å². The first-order valence-corrected chi connectivity index (χ1v) is 14.0. The number of fused-ring (bicyclic) bond motifs is 2. The van der Waals surface area contributed by atoms with Crippen molar-refractivity contribution in [3.8, 4) is 11.5 Å². The molecule has 0 amide bonds. The maximum Gasteiger partial charge on any atom is 0.454 e. The van der Waals surface area contributed by atoms with Crippen LogP contribution in [0.15, 0.2) is 12.1 Å². The summed E-state index contributed by atoms with van der Waals surface area (Å²) in [7, 11) is -2.48. The fourth-order valence-corrected chi connectivity index (χ4v) is 5.88. The molecule has 0 saturated heterocycles. The zero-order chi connectivity index (χ0) is 22.8. The van der Waals surface area contributed by atoms with Gasteiger partial charge < -0.3 is 8.85 Å². The Morgan fingerprint density at radius 1 is 0.667 bits per heavy atom. The zero-order valence-electron chi connectivity index (χ0n) is 21.2. The van der Waals surface area contributed by atoms with Crippen LogP contribution in [0, 0.1) is 27.7 Å². The molecule has 0 saturated carbocycles. The normalized spacial score (nSPS) is 16.0. The first kappa shape index (κ1) is 22.9. The summed E-state index contributed by atoms with van der Waals surface area (Å²) in [6, 6.07) is 4.65. The van der Waals surface area contributed by atoms with E-state index in [2.05, 4.69) is 94.5 Å². The van der Waals surface area contributed by atoms with E-state index in [1.165, 1.54) is 44.5 Å². The molecule has 30 heavy (non-hydrogen) atoms. The number of hydrogen-bond acceptors (Lipinski definition) is 2. The molecule has 1 heterocycles. The van der Waals surface area contributed by atoms with Gasteiger partial charge in [0, 0.05) is 30.6 Å². The van der Waals surface area contributed by atoms with Gasteiger partial charge in [-0.05, 0) is 71.9 Å². The van der Waals surface area contributed by atoms with E-state index < -0.39 is 8.56 Å². The molecule has 3 heteroatoms. The van der Waals surface area contributed by atoms with Crippen molar-refractivity contribution < 1.29 is 8.85 Å². The van der Waals surface area contributed by atoms with Crippen LogP contribution in [0.5, 0.6) is 11.5 Å². The summed E-state index contributed by atoms with van der Waals surface area (Å²) in [6.07, 6.45) is 0.850. The fourth-order valence-electron chi connectivity index (χ4n) is 4.38. The Bertz CT molecular complexity index is 922. The molecule has 0 aliphatic carbocycles. The predicted molar refractivity (Wildman–Crippen MR) is 131 cm³/mol. The maximum absolute atomic E-state index is 6.83. The maximum atomic E-state index is 6.83. The van der Waals surface area contributed by atoms with Crippen molar-refractivity contribution in [1.29, 1.82) is 0 Å². The van der Waals surface area contributed by atoms with Crippen LogP contribution in [0.25, 0.3) is 0 Å². The molecule has 0 aromatic heterocycles. The Morgan fingerprint density at radius 3 is 1.30 bits per heavy atom. The van der Waals surface area contributed by atoms with E-state index in [1.807, 2.05) is 0 Å². The van der Waals surface area contributed by atoms with Crippen LogP contribution in [-0.2, 0) is 17.3 Å². The lowest BCUT2D eigenvalue weighted by atomic mass is 9.79. The summed E-state index contributed by atoms with van der Waals surface area (Å²) in [6.45, 7) is 26.9. The van der Waals surface area contributed by atoms with E-state index in [0.717, 1.165) is 17.9 Å². The van der Waals surface area contributed by atoms with E-state index >= 15 is 0 Å². The van der Waals surface area contributed by atoms with Crippen molar-refractivity contribution in [1.82, 2.24) is 0 Å². The number of aryl methyl sites for hydroxylation is 2. The molecule has 1 aliphatic heterocycles. The number of benzene rings is 2. The van der Waals surface area contributed by atoms with Gasteiger partial charge in [0.15, 0.2) is 0 Å². The van der Waals surface area contributed by atoms with Crippen molar-refractivity contribution >= 4 is 8.56 Å². The van der Waals surface area contributed by atoms with Crippen LogP contribution < -0.4 is 8.85 Å². The fraction of sp³-hybridized carbons (Fsp3) is 0.556. The van der Waals surface area contributed by atoms with Gasteiger partial charge in [-0.2, -0.15) is 0 Å². The Labute approximate surface area is 185 Å². The molecule has 0 radical (unpaired) electrons. The average Bonchev–Trinajstić information content (AvgIpc) is 2.55. The predicted octanol–water partition coefficient (Wildman–Crippen LogP) is 7.58. The topological polar surface area (TPSA) is 18.5 Å². The Balaban J connectivity index is 2.43.